The number of hydrogen-bond donors (Lipinski definition) is 16. The van der Waals surface area contributed by atoms with Crippen molar-refractivity contribution in [3.8, 4) is 0 Å². The Labute approximate surface area is 434 Å². The van der Waals surface area contributed by atoms with Crippen molar-refractivity contribution in [2.45, 2.75) is 149 Å². The van der Waals surface area contributed by atoms with Crippen LogP contribution in [0.3, 0.4) is 0 Å². The molecule has 4 saturated heterocycles. The normalized spacial score (nSPS) is 36.2. The van der Waals surface area contributed by atoms with Gasteiger partial charge in [-0.15, -0.1) is 0 Å². The van der Waals surface area contributed by atoms with Crippen LogP contribution in [0.1, 0.15) is 70.2 Å². The molecule has 4 aromatic rings. The molecule has 0 amide bonds. The number of rotatable bonds is 24. The lowest BCUT2D eigenvalue weighted by Crippen LogP contribution is -2.55. The van der Waals surface area contributed by atoms with Gasteiger partial charge >= 0.3 is 0 Å². The number of aliphatic hydroxyl groups is 16. The number of ether oxygens (including phenoxy) is 8. The van der Waals surface area contributed by atoms with Crippen molar-refractivity contribution >= 4 is 0 Å². The Morgan fingerprint density at radius 3 is 0.727 bits per heavy atom. The topological polar surface area (TPSA) is 502 Å². The maximum Gasteiger partial charge on any atom is 0.162 e. The molecule has 432 valence electrons. The van der Waals surface area contributed by atoms with E-state index in [2.05, 4.69) is 20.6 Å². The molecular formula is C45H64N4O28. The fourth-order valence-corrected chi connectivity index (χ4v) is 9.23. The van der Waals surface area contributed by atoms with Crippen LogP contribution in [-0.4, -0.2) is 253 Å². The molecule has 4 aromatic heterocycles. The first-order chi connectivity index (χ1) is 36.9. The van der Waals surface area contributed by atoms with Crippen LogP contribution in [0.5, 0.6) is 0 Å². The first-order valence-electron chi connectivity index (χ1n) is 24.3. The highest BCUT2D eigenvalue weighted by atomic mass is 16.6. The van der Waals surface area contributed by atoms with Crippen LogP contribution in [0, 0.1) is 5.41 Å². The minimum atomic E-state index is -1.70. The molecule has 20 atom stereocenters. The monoisotopic (exact) mass is 1110 g/mol. The van der Waals surface area contributed by atoms with Crippen molar-refractivity contribution in [3.05, 3.63) is 70.1 Å². The number of nitrogens with zero attached hydrogens (tertiary/aromatic N) is 4. The van der Waals surface area contributed by atoms with E-state index in [1.165, 1.54) is 24.3 Å². The molecular weight excluding hydrogens is 1040 g/mol. The minimum absolute atomic E-state index is 0.0119. The molecule has 0 saturated carbocycles. The van der Waals surface area contributed by atoms with Gasteiger partial charge in [0.05, 0.1) is 58.3 Å². The van der Waals surface area contributed by atoms with Gasteiger partial charge in [-0.1, -0.05) is 20.6 Å². The molecule has 0 aliphatic carbocycles. The molecule has 32 heteroatoms. The van der Waals surface area contributed by atoms with Gasteiger partial charge in [-0.05, 0) is 0 Å². The molecule has 77 heavy (non-hydrogen) atoms. The third-order valence-electron chi connectivity index (χ3n) is 13.7. The van der Waals surface area contributed by atoms with Crippen molar-refractivity contribution in [2.75, 3.05) is 52.9 Å². The van der Waals surface area contributed by atoms with Crippen LogP contribution < -0.4 is 0 Å². The van der Waals surface area contributed by atoms with Gasteiger partial charge in [-0.2, -0.15) is 0 Å². The Balaban J connectivity index is 1.02. The highest BCUT2D eigenvalue weighted by Crippen LogP contribution is 2.37. The van der Waals surface area contributed by atoms with E-state index < -0.39 is 154 Å². The first-order valence-corrected chi connectivity index (χ1v) is 24.3. The zero-order valence-electron chi connectivity index (χ0n) is 40.7. The van der Waals surface area contributed by atoms with E-state index in [4.69, 9.17) is 56.0 Å². The van der Waals surface area contributed by atoms with Gasteiger partial charge in [0, 0.05) is 24.3 Å². The highest BCUT2D eigenvalue weighted by Gasteiger charge is 2.49. The zero-order chi connectivity index (χ0) is 55.3. The number of aliphatic hydroxyl groups excluding tert-OH is 16. The van der Waals surface area contributed by atoms with Crippen LogP contribution in [0.2, 0.25) is 0 Å². The molecule has 8 rings (SSSR count). The lowest BCUT2D eigenvalue weighted by molar-refractivity contribution is -0.233. The molecule has 16 N–H and O–H groups in total. The van der Waals surface area contributed by atoms with Gasteiger partial charge in [-0.3, -0.25) is 0 Å². The molecule has 0 spiro atoms. The third-order valence-corrected chi connectivity index (χ3v) is 13.7. The summed E-state index contributed by atoms with van der Waals surface area (Å²) < 4.78 is 68.9. The van der Waals surface area contributed by atoms with E-state index in [-0.39, 0.29) is 98.7 Å². The summed E-state index contributed by atoms with van der Waals surface area (Å²) in [5, 5.41) is 180. The Morgan fingerprint density at radius 2 is 0.532 bits per heavy atom. The molecule has 8 heterocycles. The molecule has 4 aliphatic heterocycles. The smallest absolute Gasteiger partial charge is 0.162 e. The van der Waals surface area contributed by atoms with E-state index in [1.54, 1.807) is 0 Å². The maximum absolute atomic E-state index is 10.7. The van der Waals surface area contributed by atoms with Crippen LogP contribution >= 0.6 is 0 Å². The predicted octanol–water partition coefficient (Wildman–Crippen LogP) is -7.15. The fourth-order valence-electron chi connectivity index (χ4n) is 9.23. The maximum atomic E-state index is 10.7. The summed E-state index contributed by atoms with van der Waals surface area (Å²) in [6, 6.07) is 5.40. The Bertz CT molecular complexity index is 2090. The third kappa shape index (κ3) is 13.1. The Kier molecular flexibility index (Phi) is 19.9. The molecule has 0 unspecified atom stereocenters. The molecule has 0 radical (unpaired) electrons. The Hall–Kier alpha value is -4.12. The second-order valence-electron chi connectivity index (χ2n) is 19.3. The van der Waals surface area contributed by atoms with E-state index in [9.17, 15) is 81.7 Å². The van der Waals surface area contributed by atoms with Gasteiger partial charge in [0.15, 0.2) is 23.0 Å². The second-order valence-corrected chi connectivity index (χ2v) is 19.3. The average molecular weight is 1110 g/mol. The molecule has 32 nitrogen and oxygen atoms in total. The second kappa shape index (κ2) is 26.0. The van der Waals surface area contributed by atoms with Gasteiger partial charge in [0.1, 0.15) is 171 Å². The van der Waals surface area contributed by atoms with Gasteiger partial charge < -0.3 is 138 Å². The van der Waals surface area contributed by atoms with Crippen molar-refractivity contribution in [1.82, 2.24) is 20.6 Å². The largest absolute Gasteiger partial charge is 0.394 e. The van der Waals surface area contributed by atoms with E-state index in [0.29, 0.717) is 0 Å². The summed E-state index contributed by atoms with van der Waals surface area (Å²) in [7, 11) is 0. The summed E-state index contributed by atoms with van der Waals surface area (Å²) in [5.74, 6) is 0.281. The van der Waals surface area contributed by atoms with Gasteiger partial charge in [0.2, 0.25) is 0 Å². The molecule has 0 bridgehead atoms. The van der Waals surface area contributed by atoms with E-state index >= 15 is 0 Å². The molecule has 0 aromatic carbocycles. The molecule has 4 aliphatic rings. The fraction of sp³-hybridized carbons (Fsp3) is 0.733. The SMILES string of the molecule is OC[C@H]1O[C@@H](c2cc(COCC(COCc3cc([C@@H]4O[C@H](CO)[C@@H](O)[C@H](O)[C@@H]4O)no3)(COCc3cc([C@@H]4O[C@H](CO)[C@@H](O)[C@H](O)[C@@H]4O)no3)COCc3cc([C@@H]4O[C@H](CO)[C@@H](O)[C@H](O)[C@@H]4O)no3)on2)[C@@H](O)[C@@H](O)[C@@H]1O. The Morgan fingerprint density at radius 1 is 0.325 bits per heavy atom. The quantitative estimate of drug-likeness (QED) is 0.0310. The summed E-state index contributed by atoms with van der Waals surface area (Å²) in [6.07, 6.45) is -30.3. The lowest BCUT2D eigenvalue weighted by Gasteiger charge is -2.39. The van der Waals surface area contributed by atoms with Crippen LogP contribution in [0.4, 0.5) is 0 Å². The summed E-state index contributed by atoms with van der Waals surface area (Å²) >= 11 is 0. The van der Waals surface area contributed by atoms with Crippen molar-refractivity contribution in [3.63, 3.8) is 0 Å². The first kappa shape index (κ1) is 59.0. The summed E-state index contributed by atoms with van der Waals surface area (Å²) in [6.45, 7) is -5.31. The standard InChI is InChI=1S/C45H64N4O28/c50-5-25-29(54)33(58)37(62)41(70-25)21-1-17(74-46-21)9-66-13-45(14-67-10-18-2-22(47-75-18)42-38(63)34(59)30(55)26(6-51)71-42,15-68-11-19-3-23(48-76-19)43-39(64)35(60)31(56)27(7-52)72-43)16-69-12-20-4-24(49-77-20)44-40(65)36(61)32(57)28(8-53)73-44/h1-4,25-44,50-65H,5-16H2/t25-,26-,27-,28-,29-,30-,31-,32-,33+,34+,35+,36+,37+,38+,39+,40+,41+,42+,43+,44+/m1/s1. The molecule has 4 fully saturated rings. The van der Waals surface area contributed by atoms with Crippen LogP contribution in [0.25, 0.3) is 0 Å². The minimum Gasteiger partial charge on any atom is -0.394 e. The van der Waals surface area contributed by atoms with E-state index in [1.807, 2.05) is 0 Å². The van der Waals surface area contributed by atoms with Gasteiger partial charge in [-0.25, -0.2) is 0 Å². The number of hydrogen-bond acceptors (Lipinski definition) is 32. The summed E-state index contributed by atoms with van der Waals surface area (Å²) in [4.78, 5) is 0. The average Bonchev–Trinajstić information content (AvgIpc) is 4.29. The van der Waals surface area contributed by atoms with Crippen LogP contribution in [0.15, 0.2) is 42.4 Å². The zero-order valence-corrected chi connectivity index (χ0v) is 40.7. The van der Waals surface area contributed by atoms with Crippen molar-refractivity contribution in [1.29, 1.82) is 0 Å². The lowest BCUT2D eigenvalue weighted by atomic mass is 9.92. The van der Waals surface area contributed by atoms with Crippen molar-refractivity contribution < 1.29 is 138 Å². The van der Waals surface area contributed by atoms with Crippen LogP contribution in [-0.2, 0) is 64.3 Å². The predicted molar refractivity (Wildman–Crippen MR) is 238 cm³/mol. The van der Waals surface area contributed by atoms with Crippen molar-refractivity contribution in [2.24, 2.45) is 5.41 Å². The van der Waals surface area contributed by atoms with Gasteiger partial charge in [0.25, 0.3) is 0 Å². The highest BCUT2D eigenvalue weighted by molar-refractivity contribution is 5.16. The number of aromatic nitrogens is 4. The van der Waals surface area contributed by atoms with E-state index in [0.717, 1.165) is 0 Å². The summed E-state index contributed by atoms with van der Waals surface area (Å²) in [5.41, 5.74) is -1.44.